The van der Waals surface area contributed by atoms with Gasteiger partial charge in [-0.25, -0.2) is 4.79 Å². The molecule has 2 aliphatic rings. The molecule has 2 unspecified atom stereocenters. The largest absolute Gasteiger partial charge is 0.412 e. The summed E-state index contributed by atoms with van der Waals surface area (Å²) < 4.78 is 5.24. The van der Waals surface area contributed by atoms with Gasteiger partial charge in [0.1, 0.15) is 5.75 Å². The van der Waals surface area contributed by atoms with Gasteiger partial charge in [0.05, 0.1) is 0 Å². The number of ether oxygens (including phenoxy) is 1. The zero-order chi connectivity index (χ0) is 12.4. The van der Waals surface area contributed by atoms with Crippen molar-refractivity contribution in [3.8, 4) is 5.75 Å². The third-order valence-electron chi connectivity index (χ3n) is 3.75. The highest BCUT2D eigenvalue weighted by molar-refractivity contribution is 5.70. The van der Waals surface area contributed by atoms with E-state index in [0.29, 0.717) is 17.8 Å². The zero-order valence-corrected chi connectivity index (χ0v) is 10.3. The molecule has 4 heteroatoms. The van der Waals surface area contributed by atoms with E-state index in [4.69, 9.17) is 4.74 Å². The van der Waals surface area contributed by atoms with Gasteiger partial charge in [0.2, 0.25) is 0 Å². The predicted molar refractivity (Wildman–Crippen MR) is 68.6 cm³/mol. The summed E-state index contributed by atoms with van der Waals surface area (Å²) in [6.07, 6.45) is 4.15. The maximum atomic E-state index is 11.8. The lowest BCUT2D eigenvalue weighted by molar-refractivity contribution is 0.189. The highest BCUT2D eigenvalue weighted by Crippen LogP contribution is 2.26. The van der Waals surface area contributed by atoms with Crippen molar-refractivity contribution in [2.75, 3.05) is 0 Å². The van der Waals surface area contributed by atoms with Crippen LogP contribution in [0, 0.1) is 0 Å². The first kappa shape index (κ1) is 11.5. The number of hydrogen-bond acceptors (Lipinski definition) is 3. The van der Waals surface area contributed by atoms with E-state index >= 15 is 0 Å². The van der Waals surface area contributed by atoms with Crippen LogP contribution < -0.4 is 15.4 Å². The molecule has 2 N–H and O–H groups in total. The molecule has 3 rings (SSSR count). The first-order valence-corrected chi connectivity index (χ1v) is 6.59. The number of para-hydroxylation sites is 1. The molecule has 18 heavy (non-hydrogen) atoms. The highest BCUT2D eigenvalue weighted by Gasteiger charge is 2.34. The third-order valence-corrected chi connectivity index (χ3v) is 3.75. The number of carbonyl (C=O) groups is 1. The minimum absolute atomic E-state index is 0.250. The second kappa shape index (κ2) is 4.98. The Labute approximate surface area is 107 Å². The molecule has 2 aliphatic heterocycles. The minimum atomic E-state index is -0.340. The van der Waals surface area contributed by atoms with Crippen molar-refractivity contribution in [3.05, 3.63) is 30.3 Å². The smallest absolute Gasteiger partial charge is 0.410 e. The van der Waals surface area contributed by atoms with Gasteiger partial charge < -0.3 is 15.4 Å². The Morgan fingerprint density at radius 2 is 1.83 bits per heavy atom. The molecule has 96 valence electrons. The summed E-state index contributed by atoms with van der Waals surface area (Å²) in [7, 11) is 0. The topological polar surface area (TPSA) is 50.4 Å². The van der Waals surface area contributed by atoms with Crippen LogP contribution in [0.5, 0.6) is 5.75 Å². The Hall–Kier alpha value is -1.55. The van der Waals surface area contributed by atoms with E-state index in [9.17, 15) is 4.79 Å². The van der Waals surface area contributed by atoms with Crippen molar-refractivity contribution < 1.29 is 9.53 Å². The average molecular weight is 246 g/mol. The summed E-state index contributed by atoms with van der Waals surface area (Å²) in [4.78, 5) is 11.8. The normalized spacial score (nSPS) is 29.9. The Morgan fingerprint density at radius 3 is 2.50 bits per heavy atom. The van der Waals surface area contributed by atoms with Crippen LogP contribution >= 0.6 is 0 Å². The van der Waals surface area contributed by atoms with E-state index in [1.807, 2.05) is 18.2 Å². The van der Waals surface area contributed by atoms with E-state index in [0.717, 1.165) is 12.8 Å². The molecule has 2 saturated heterocycles. The van der Waals surface area contributed by atoms with Gasteiger partial charge in [0.15, 0.2) is 0 Å². The summed E-state index contributed by atoms with van der Waals surface area (Å²) in [6, 6.07) is 10.6. The molecule has 1 aromatic carbocycles. The molecular formula is C14H18N2O2. The van der Waals surface area contributed by atoms with Crippen LogP contribution in [0.2, 0.25) is 0 Å². The van der Waals surface area contributed by atoms with E-state index in [1.165, 1.54) is 12.8 Å². The Morgan fingerprint density at radius 1 is 1.17 bits per heavy atom. The Balaban J connectivity index is 1.52. The Kier molecular flexibility index (Phi) is 3.19. The van der Waals surface area contributed by atoms with Crippen molar-refractivity contribution in [1.29, 1.82) is 0 Å². The number of piperidine rings is 1. The monoisotopic (exact) mass is 246 g/mol. The fourth-order valence-electron chi connectivity index (χ4n) is 2.97. The Bertz CT molecular complexity index is 409. The molecule has 0 aromatic heterocycles. The van der Waals surface area contributed by atoms with Crippen LogP contribution in [0.15, 0.2) is 30.3 Å². The second-order valence-electron chi connectivity index (χ2n) is 5.15. The maximum Gasteiger partial charge on any atom is 0.412 e. The number of nitrogens with one attached hydrogen (secondary N) is 2. The fourth-order valence-corrected chi connectivity index (χ4v) is 2.97. The number of carbonyl (C=O) groups excluding carboxylic acids is 1. The van der Waals surface area contributed by atoms with Crippen LogP contribution in [0.1, 0.15) is 25.7 Å². The standard InChI is InChI=1S/C14H18N2O2/c17-14(18-13-4-2-1-3-5-13)16-12-8-10-6-7-11(9-12)15-10/h1-5,10-12,15H,6-9H2,(H,16,17). The van der Waals surface area contributed by atoms with Crippen LogP contribution in [0.4, 0.5) is 4.79 Å². The van der Waals surface area contributed by atoms with Crippen molar-refractivity contribution >= 4 is 6.09 Å². The van der Waals surface area contributed by atoms with Crippen molar-refractivity contribution in [1.82, 2.24) is 10.6 Å². The molecule has 0 saturated carbocycles. The summed E-state index contributed by atoms with van der Waals surface area (Å²) in [5.74, 6) is 0.590. The van der Waals surface area contributed by atoms with E-state index in [-0.39, 0.29) is 12.1 Å². The van der Waals surface area contributed by atoms with Crippen molar-refractivity contribution in [2.24, 2.45) is 0 Å². The summed E-state index contributed by atoms with van der Waals surface area (Å²) in [5, 5.41) is 6.52. The lowest BCUT2D eigenvalue weighted by Gasteiger charge is -2.29. The van der Waals surface area contributed by atoms with Gasteiger partial charge in [-0.05, 0) is 37.8 Å². The van der Waals surface area contributed by atoms with Crippen LogP contribution in [-0.4, -0.2) is 24.2 Å². The van der Waals surface area contributed by atoms with Crippen molar-refractivity contribution in [3.63, 3.8) is 0 Å². The summed E-state index contributed by atoms with van der Waals surface area (Å²) >= 11 is 0. The first-order chi connectivity index (χ1) is 8.79. The predicted octanol–water partition coefficient (Wildman–Crippen LogP) is 2.06. The number of rotatable bonds is 2. The maximum absolute atomic E-state index is 11.8. The van der Waals surface area contributed by atoms with Gasteiger partial charge in [0.25, 0.3) is 0 Å². The molecule has 0 aliphatic carbocycles. The van der Waals surface area contributed by atoms with E-state index < -0.39 is 0 Å². The minimum Gasteiger partial charge on any atom is -0.410 e. The SMILES string of the molecule is O=C(NC1CC2CCC(C1)N2)Oc1ccccc1. The van der Waals surface area contributed by atoms with Gasteiger partial charge in [-0.1, -0.05) is 18.2 Å². The molecule has 2 heterocycles. The van der Waals surface area contributed by atoms with E-state index in [1.54, 1.807) is 12.1 Å². The van der Waals surface area contributed by atoms with Crippen LogP contribution in [0.25, 0.3) is 0 Å². The molecule has 2 fully saturated rings. The van der Waals surface area contributed by atoms with E-state index in [2.05, 4.69) is 10.6 Å². The third kappa shape index (κ3) is 2.64. The molecular weight excluding hydrogens is 228 g/mol. The molecule has 0 radical (unpaired) electrons. The number of fused-ring (bicyclic) bond motifs is 2. The molecule has 2 atom stereocenters. The zero-order valence-electron chi connectivity index (χ0n) is 10.3. The molecule has 1 aromatic rings. The van der Waals surface area contributed by atoms with Gasteiger partial charge in [-0.15, -0.1) is 0 Å². The average Bonchev–Trinajstić information content (AvgIpc) is 2.70. The van der Waals surface area contributed by atoms with Gasteiger partial charge in [0, 0.05) is 18.1 Å². The number of benzene rings is 1. The highest BCUT2D eigenvalue weighted by atomic mass is 16.6. The lowest BCUT2D eigenvalue weighted by Crippen LogP contribution is -2.48. The quantitative estimate of drug-likeness (QED) is 0.839. The first-order valence-electron chi connectivity index (χ1n) is 6.59. The summed E-state index contributed by atoms with van der Waals surface area (Å²) in [6.45, 7) is 0. The van der Waals surface area contributed by atoms with Gasteiger partial charge >= 0.3 is 6.09 Å². The van der Waals surface area contributed by atoms with Gasteiger partial charge in [-0.2, -0.15) is 0 Å². The summed E-state index contributed by atoms with van der Waals surface area (Å²) in [5.41, 5.74) is 0. The lowest BCUT2D eigenvalue weighted by atomic mass is 10.0. The second-order valence-corrected chi connectivity index (χ2v) is 5.15. The molecule has 0 spiro atoms. The fraction of sp³-hybridized carbons (Fsp3) is 0.500. The van der Waals surface area contributed by atoms with Crippen LogP contribution in [0.3, 0.4) is 0 Å². The van der Waals surface area contributed by atoms with Crippen molar-refractivity contribution in [2.45, 2.75) is 43.8 Å². The molecule has 1 amide bonds. The van der Waals surface area contributed by atoms with Crippen LogP contribution in [-0.2, 0) is 0 Å². The number of amides is 1. The van der Waals surface area contributed by atoms with Gasteiger partial charge in [-0.3, -0.25) is 0 Å². The molecule has 4 nitrogen and oxygen atoms in total. The number of hydrogen-bond donors (Lipinski definition) is 2. The molecule has 2 bridgehead atoms.